The molecular weight excluding hydrogens is 174 g/mol. The molecule has 2 heteroatoms. The molecule has 1 aliphatic carbocycles. The molecule has 3 rings (SSSR count). The van der Waals surface area contributed by atoms with Gasteiger partial charge in [0, 0.05) is 6.61 Å². The highest BCUT2D eigenvalue weighted by Gasteiger charge is 2.40. The van der Waals surface area contributed by atoms with Gasteiger partial charge in [0.25, 0.3) is 0 Å². The fourth-order valence-electron chi connectivity index (χ4n) is 3.76. The van der Waals surface area contributed by atoms with Crippen LogP contribution in [0.5, 0.6) is 0 Å². The van der Waals surface area contributed by atoms with Crippen LogP contribution in [-0.4, -0.2) is 25.8 Å². The van der Waals surface area contributed by atoms with E-state index in [4.69, 9.17) is 4.74 Å². The Hall–Kier alpha value is -0.0800. The van der Waals surface area contributed by atoms with E-state index < -0.39 is 0 Å². The van der Waals surface area contributed by atoms with Crippen molar-refractivity contribution in [1.82, 2.24) is 5.32 Å². The molecule has 2 saturated heterocycles. The zero-order chi connectivity index (χ0) is 9.38. The van der Waals surface area contributed by atoms with E-state index in [1.165, 1.54) is 45.2 Å². The van der Waals surface area contributed by atoms with E-state index in [2.05, 4.69) is 5.32 Å². The third-order valence-corrected chi connectivity index (χ3v) is 4.52. The maximum Gasteiger partial charge on any atom is 0.0606 e. The summed E-state index contributed by atoms with van der Waals surface area (Å²) in [5.74, 6) is 2.73. The average molecular weight is 195 g/mol. The van der Waals surface area contributed by atoms with Crippen molar-refractivity contribution in [3.63, 3.8) is 0 Å². The van der Waals surface area contributed by atoms with E-state index in [1.54, 1.807) is 0 Å². The van der Waals surface area contributed by atoms with Gasteiger partial charge in [0.15, 0.2) is 0 Å². The highest BCUT2D eigenvalue weighted by atomic mass is 16.5. The Balaban J connectivity index is 1.79. The van der Waals surface area contributed by atoms with Crippen LogP contribution in [0.25, 0.3) is 0 Å². The summed E-state index contributed by atoms with van der Waals surface area (Å²) >= 11 is 0. The topological polar surface area (TPSA) is 21.3 Å². The van der Waals surface area contributed by atoms with E-state index in [0.29, 0.717) is 6.10 Å². The lowest BCUT2D eigenvalue weighted by Crippen LogP contribution is -2.34. The van der Waals surface area contributed by atoms with Gasteiger partial charge in [0.05, 0.1) is 6.10 Å². The van der Waals surface area contributed by atoms with E-state index in [-0.39, 0.29) is 0 Å². The minimum atomic E-state index is 0.610. The van der Waals surface area contributed by atoms with Crippen LogP contribution in [0.2, 0.25) is 0 Å². The lowest BCUT2D eigenvalue weighted by molar-refractivity contribution is -0.00972. The lowest BCUT2D eigenvalue weighted by Gasteiger charge is -2.34. The van der Waals surface area contributed by atoms with Crippen molar-refractivity contribution >= 4 is 0 Å². The van der Waals surface area contributed by atoms with Crippen LogP contribution >= 0.6 is 0 Å². The molecule has 3 aliphatic rings. The number of hydrogen-bond acceptors (Lipinski definition) is 2. The van der Waals surface area contributed by atoms with Gasteiger partial charge in [-0.05, 0) is 50.1 Å². The van der Waals surface area contributed by atoms with Gasteiger partial charge in [-0.2, -0.15) is 0 Å². The highest BCUT2D eigenvalue weighted by Crippen LogP contribution is 2.40. The fourth-order valence-corrected chi connectivity index (χ4v) is 3.76. The zero-order valence-electron chi connectivity index (χ0n) is 8.87. The molecule has 1 N–H and O–H groups in total. The average Bonchev–Trinajstić information content (AvgIpc) is 2.61. The van der Waals surface area contributed by atoms with Crippen molar-refractivity contribution in [1.29, 1.82) is 0 Å². The van der Waals surface area contributed by atoms with Gasteiger partial charge in [-0.3, -0.25) is 0 Å². The number of ether oxygens (including phenoxy) is 1. The Morgan fingerprint density at radius 2 is 1.86 bits per heavy atom. The molecule has 3 fully saturated rings. The first-order valence-corrected chi connectivity index (χ1v) is 6.27. The van der Waals surface area contributed by atoms with Gasteiger partial charge in [0.1, 0.15) is 0 Å². The largest absolute Gasteiger partial charge is 0.378 e. The quantitative estimate of drug-likeness (QED) is 0.636. The third-order valence-electron chi connectivity index (χ3n) is 4.52. The Morgan fingerprint density at radius 3 is 2.86 bits per heavy atom. The summed E-state index contributed by atoms with van der Waals surface area (Å²) in [7, 11) is 0. The number of nitrogens with one attached hydrogen (secondary N) is 1. The van der Waals surface area contributed by atoms with Crippen LogP contribution < -0.4 is 5.32 Å². The van der Waals surface area contributed by atoms with Crippen LogP contribution in [0, 0.1) is 17.8 Å². The summed E-state index contributed by atoms with van der Waals surface area (Å²) < 4.78 is 6.02. The zero-order valence-corrected chi connectivity index (χ0v) is 8.87. The first-order valence-electron chi connectivity index (χ1n) is 6.27. The Kier molecular flexibility index (Phi) is 2.50. The van der Waals surface area contributed by atoms with Crippen molar-refractivity contribution in [2.24, 2.45) is 17.8 Å². The Morgan fingerprint density at radius 1 is 0.929 bits per heavy atom. The summed E-state index contributed by atoms with van der Waals surface area (Å²) in [6.07, 6.45) is 7.49. The van der Waals surface area contributed by atoms with E-state index in [0.717, 1.165) is 24.4 Å². The van der Waals surface area contributed by atoms with Crippen LogP contribution in [-0.2, 0) is 4.74 Å². The normalized spacial score (nSPS) is 48.0. The summed E-state index contributed by atoms with van der Waals surface area (Å²) in [4.78, 5) is 0. The fraction of sp³-hybridized carbons (Fsp3) is 1.00. The van der Waals surface area contributed by atoms with Crippen molar-refractivity contribution in [2.45, 2.75) is 38.2 Å². The standard InChI is InChI=1S/C12H21NO/c1-2-4-12-10(3-1)11-8-13-7-9(11)5-6-14-12/h9-13H,1-8H2. The van der Waals surface area contributed by atoms with Crippen LogP contribution in [0.15, 0.2) is 0 Å². The summed E-state index contributed by atoms with van der Waals surface area (Å²) in [6.45, 7) is 3.52. The second kappa shape index (κ2) is 3.82. The van der Waals surface area contributed by atoms with Crippen LogP contribution in [0.3, 0.4) is 0 Å². The highest BCUT2D eigenvalue weighted by molar-refractivity contribution is 4.92. The molecule has 4 atom stereocenters. The molecule has 0 bridgehead atoms. The van der Waals surface area contributed by atoms with Gasteiger partial charge < -0.3 is 10.1 Å². The molecule has 2 heterocycles. The molecule has 0 aromatic carbocycles. The maximum atomic E-state index is 6.02. The summed E-state index contributed by atoms with van der Waals surface area (Å²) in [5.41, 5.74) is 0. The second-order valence-electron chi connectivity index (χ2n) is 5.23. The summed E-state index contributed by atoms with van der Waals surface area (Å²) in [5, 5.41) is 3.57. The monoisotopic (exact) mass is 195 g/mol. The minimum absolute atomic E-state index is 0.610. The molecule has 0 radical (unpaired) electrons. The van der Waals surface area contributed by atoms with E-state index in [1.807, 2.05) is 0 Å². The predicted octanol–water partition coefficient (Wildman–Crippen LogP) is 1.80. The molecule has 14 heavy (non-hydrogen) atoms. The van der Waals surface area contributed by atoms with Crippen molar-refractivity contribution in [3.8, 4) is 0 Å². The van der Waals surface area contributed by atoms with E-state index >= 15 is 0 Å². The van der Waals surface area contributed by atoms with Crippen molar-refractivity contribution < 1.29 is 4.74 Å². The van der Waals surface area contributed by atoms with Gasteiger partial charge >= 0.3 is 0 Å². The summed E-state index contributed by atoms with van der Waals surface area (Å²) in [6, 6.07) is 0. The smallest absolute Gasteiger partial charge is 0.0606 e. The third kappa shape index (κ3) is 1.49. The molecule has 80 valence electrons. The molecule has 2 nitrogen and oxygen atoms in total. The number of rotatable bonds is 0. The van der Waals surface area contributed by atoms with Gasteiger partial charge in [0.2, 0.25) is 0 Å². The van der Waals surface area contributed by atoms with Gasteiger partial charge in [-0.1, -0.05) is 12.8 Å². The van der Waals surface area contributed by atoms with E-state index in [9.17, 15) is 0 Å². The molecule has 0 aromatic rings. The molecule has 0 amide bonds. The Bertz CT molecular complexity index is 206. The van der Waals surface area contributed by atoms with Crippen LogP contribution in [0.4, 0.5) is 0 Å². The van der Waals surface area contributed by atoms with Crippen molar-refractivity contribution in [3.05, 3.63) is 0 Å². The van der Waals surface area contributed by atoms with Gasteiger partial charge in [-0.15, -0.1) is 0 Å². The molecule has 0 spiro atoms. The van der Waals surface area contributed by atoms with Crippen LogP contribution in [0.1, 0.15) is 32.1 Å². The second-order valence-corrected chi connectivity index (χ2v) is 5.23. The lowest BCUT2D eigenvalue weighted by atomic mass is 9.74. The predicted molar refractivity (Wildman–Crippen MR) is 56.2 cm³/mol. The van der Waals surface area contributed by atoms with Gasteiger partial charge in [-0.25, -0.2) is 0 Å². The Labute approximate surface area is 86.4 Å². The molecule has 0 aromatic heterocycles. The SMILES string of the molecule is C1CCC2C(C1)OCCC1CNCC12. The maximum absolute atomic E-state index is 6.02. The molecule has 1 saturated carbocycles. The number of hydrogen-bond donors (Lipinski definition) is 1. The molecule has 4 unspecified atom stereocenters. The first-order chi connectivity index (χ1) is 6.95. The molecular formula is C12H21NO. The minimum Gasteiger partial charge on any atom is -0.378 e. The van der Waals surface area contributed by atoms with Crippen molar-refractivity contribution in [2.75, 3.05) is 19.7 Å². The first kappa shape index (κ1) is 9.17. The number of fused-ring (bicyclic) bond motifs is 3. The molecule has 2 aliphatic heterocycles.